The van der Waals surface area contributed by atoms with E-state index >= 15 is 0 Å². The Kier molecular flexibility index (Phi) is 4.10. The molecule has 25 heavy (non-hydrogen) atoms. The minimum absolute atomic E-state index is 0.102. The van der Waals surface area contributed by atoms with Gasteiger partial charge < -0.3 is 4.90 Å². The number of amides is 1. The number of hydrogen-bond donors (Lipinski definition) is 0. The van der Waals surface area contributed by atoms with Gasteiger partial charge in [-0.2, -0.15) is 0 Å². The average Bonchev–Trinajstić information content (AvgIpc) is 2.86. The molecule has 0 N–H and O–H groups in total. The van der Waals surface area contributed by atoms with Crippen LogP contribution in [0.4, 0.5) is 0 Å². The highest BCUT2D eigenvalue weighted by Gasteiger charge is 2.46. The Morgan fingerprint density at radius 2 is 1.44 bits per heavy atom. The van der Waals surface area contributed by atoms with Gasteiger partial charge >= 0.3 is 0 Å². The number of carbonyl (C=O) groups excluding carboxylic acids is 1. The lowest BCUT2D eigenvalue weighted by Gasteiger charge is -2.35. The molecular formula is C22H19NOS. The van der Waals surface area contributed by atoms with E-state index in [1.807, 2.05) is 59.5 Å². The van der Waals surface area contributed by atoms with Gasteiger partial charge in [-0.3, -0.25) is 4.79 Å². The molecule has 1 amide bonds. The monoisotopic (exact) mass is 345 g/mol. The van der Waals surface area contributed by atoms with E-state index in [-0.39, 0.29) is 5.91 Å². The van der Waals surface area contributed by atoms with E-state index in [1.54, 1.807) is 11.8 Å². The third-order valence-electron chi connectivity index (χ3n) is 4.66. The molecule has 1 aliphatic heterocycles. The van der Waals surface area contributed by atoms with E-state index in [0.29, 0.717) is 6.54 Å². The maximum atomic E-state index is 13.1. The molecule has 0 aromatic heterocycles. The first-order valence-corrected chi connectivity index (χ1v) is 9.19. The van der Waals surface area contributed by atoms with E-state index in [0.717, 1.165) is 21.6 Å². The van der Waals surface area contributed by atoms with Crippen molar-refractivity contribution in [2.45, 2.75) is 23.2 Å². The lowest BCUT2D eigenvalue weighted by Crippen LogP contribution is -2.38. The number of nitrogens with zero attached hydrogens (tertiary/aromatic N) is 1. The Hall–Kier alpha value is -2.52. The molecule has 1 heterocycles. The second kappa shape index (κ2) is 6.41. The Bertz CT molecular complexity index is 894. The van der Waals surface area contributed by atoms with Crippen molar-refractivity contribution >= 4 is 17.7 Å². The summed E-state index contributed by atoms with van der Waals surface area (Å²) in [5.74, 6) is 0.102. The molecule has 1 unspecified atom stereocenters. The molecule has 0 spiro atoms. The zero-order chi connectivity index (χ0) is 17.3. The second-order valence-electron chi connectivity index (χ2n) is 6.32. The summed E-state index contributed by atoms with van der Waals surface area (Å²) in [6.45, 7) is 2.75. The SMILES string of the molecule is CC1(Sc2ccccc2)c2ccccc2C(=O)N1Cc1ccccc1. The molecule has 2 nitrogen and oxygen atoms in total. The predicted molar refractivity (Wildman–Crippen MR) is 102 cm³/mol. The van der Waals surface area contributed by atoms with Gasteiger partial charge in [0, 0.05) is 22.6 Å². The van der Waals surface area contributed by atoms with Crippen molar-refractivity contribution in [3.8, 4) is 0 Å². The van der Waals surface area contributed by atoms with Crippen molar-refractivity contribution in [3.05, 3.63) is 102 Å². The number of rotatable bonds is 4. The molecule has 0 radical (unpaired) electrons. The van der Waals surface area contributed by atoms with Crippen molar-refractivity contribution < 1.29 is 4.79 Å². The molecule has 1 aliphatic rings. The molecule has 3 heteroatoms. The van der Waals surface area contributed by atoms with E-state index in [4.69, 9.17) is 0 Å². The maximum Gasteiger partial charge on any atom is 0.255 e. The summed E-state index contributed by atoms with van der Waals surface area (Å²) in [6.07, 6.45) is 0. The Morgan fingerprint density at radius 1 is 0.840 bits per heavy atom. The van der Waals surface area contributed by atoms with Crippen molar-refractivity contribution in [1.82, 2.24) is 4.90 Å². The first kappa shape index (κ1) is 16.0. The van der Waals surface area contributed by atoms with Gasteiger partial charge in [0.2, 0.25) is 0 Å². The molecule has 1 atom stereocenters. The Morgan fingerprint density at radius 3 is 2.16 bits per heavy atom. The van der Waals surface area contributed by atoms with Crippen LogP contribution in [0, 0.1) is 0 Å². The normalized spacial score (nSPS) is 19.1. The van der Waals surface area contributed by atoms with Crippen LogP contribution in [0.2, 0.25) is 0 Å². The van der Waals surface area contributed by atoms with Gasteiger partial charge in [0.1, 0.15) is 4.87 Å². The van der Waals surface area contributed by atoms with Crippen molar-refractivity contribution in [3.63, 3.8) is 0 Å². The van der Waals surface area contributed by atoms with Crippen LogP contribution in [0.1, 0.15) is 28.4 Å². The average molecular weight is 345 g/mol. The summed E-state index contributed by atoms with van der Waals surface area (Å²) < 4.78 is 0. The van der Waals surface area contributed by atoms with E-state index < -0.39 is 4.87 Å². The Balaban J connectivity index is 1.77. The van der Waals surface area contributed by atoms with Crippen LogP contribution in [0.3, 0.4) is 0 Å². The fourth-order valence-electron chi connectivity index (χ4n) is 3.38. The fourth-order valence-corrected chi connectivity index (χ4v) is 4.67. The number of carbonyl (C=O) groups is 1. The summed E-state index contributed by atoms with van der Waals surface area (Å²) >= 11 is 1.73. The van der Waals surface area contributed by atoms with Gasteiger partial charge in [-0.15, -0.1) is 0 Å². The van der Waals surface area contributed by atoms with Gasteiger partial charge in [-0.25, -0.2) is 0 Å². The van der Waals surface area contributed by atoms with Gasteiger partial charge in [0.15, 0.2) is 0 Å². The maximum absolute atomic E-state index is 13.1. The van der Waals surface area contributed by atoms with Crippen LogP contribution < -0.4 is 0 Å². The molecule has 0 saturated heterocycles. The third-order valence-corrected chi connectivity index (χ3v) is 6.01. The van der Waals surface area contributed by atoms with Gasteiger partial charge in [0.25, 0.3) is 5.91 Å². The fraction of sp³-hybridized carbons (Fsp3) is 0.136. The van der Waals surface area contributed by atoms with Crippen molar-refractivity contribution in [2.24, 2.45) is 0 Å². The highest BCUT2D eigenvalue weighted by atomic mass is 32.2. The Labute approximate surface area is 152 Å². The predicted octanol–water partition coefficient (Wildman–Crippen LogP) is 5.31. The molecule has 124 valence electrons. The third kappa shape index (κ3) is 2.85. The molecule has 3 aromatic rings. The molecule has 0 aliphatic carbocycles. The van der Waals surface area contributed by atoms with Crippen LogP contribution >= 0.6 is 11.8 Å². The smallest absolute Gasteiger partial charge is 0.255 e. The number of fused-ring (bicyclic) bond motifs is 1. The highest BCUT2D eigenvalue weighted by Crippen LogP contribution is 2.50. The summed E-state index contributed by atoms with van der Waals surface area (Å²) in [5, 5.41) is 0. The first-order chi connectivity index (χ1) is 12.2. The van der Waals surface area contributed by atoms with Crippen molar-refractivity contribution in [1.29, 1.82) is 0 Å². The van der Waals surface area contributed by atoms with E-state index in [2.05, 4.69) is 37.3 Å². The van der Waals surface area contributed by atoms with Gasteiger partial charge in [0.05, 0.1) is 0 Å². The van der Waals surface area contributed by atoms with Crippen LogP contribution in [0.15, 0.2) is 89.8 Å². The zero-order valence-corrected chi connectivity index (χ0v) is 14.9. The zero-order valence-electron chi connectivity index (χ0n) is 14.1. The van der Waals surface area contributed by atoms with Crippen LogP contribution in [0.25, 0.3) is 0 Å². The minimum atomic E-state index is -0.426. The highest BCUT2D eigenvalue weighted by molar-refractivity contribution is 8.00. The second-order valence-corrected chi connectivity index (χ2v) is 7.79. The molecule has 4 rings (SSSR count). The molecule has 0 fully saturated rings. The van der Waals surface area contributed by atoms with E-state index in [1.165, 1.54) is 0 Å². The van der Waals surface area contributed by atoms with Crippen LogP contribution in [-0.2, 0) is 11.4 Å². The standard InChI is InChI=1S/C22H19NOS/c1-22(25-18-12-6-3-7-13-18)20-15-9-8-14-19(20)21(24)23(22)16-17-10-4-2-5-11-17/h2-15H,16H2,1H3. The van der Waals surface area contributed by atoms with Gasteiger partial charge in [-0.1, -0.05) is 78.5 Å². The lowest BCUT2D eigenvalue weighted by atomic mass is 10.1. The first-order valence-electron chi connectivity index (χ1n) is 8.38. The number of benzene rings is 3. The summed E-state index contributed by atoms with van der Waals surface area (Å²) in [7, 11) is 0. The van der Waals surface area contributed by atoms with Crippen molar-refractivity contribution in [2.75, 3.05) is 0 Å². The van der Waals surface area contributed by atoms with Gasteiger partial charge in [-0.05, 0) is 30.7 Å². The molecule has 0 bridgehead atoms. The number of thioether (sulfide) groups is 1. The topological polar surface area (TPSA) is 20.3 Å². The van der Waals surface area contributed by atoms with Crippen LogP contribution in [-0.4, -0.2) is 10.8 Å². The largest absolute Gasteiger partial charge is 0.315 e. The molecule has 0 saturated carbocycles. The summed E-state index contributed by atoms with van der Waals surface area (Å²) in [6, 6.07) is 28.4. The lowest BCUT2D eigenvalue weighted by molar-refractivity contribution is 0.0691. The quantitative estimate of drug-likeness (QED) is 0.639. The summed E-state index contributed by atoms with van der Waals surface area (Å²) in [4.78, 5) is 15.8. The summed E-state index contributed by atoms with van der Waals surface area (Å²) in [5.41, 5.74) is 3.04. The molecular weight excluding hydrogens is 326 g/mol. The number of hydrogen-bond acceptors (Lipinski definition) is 2. The van der Waals surface area contributed by atoms with E-state index in [9.17, 15) is 4.79 Å². The minimum Gasteiger partial charge on any atom is -0.315 e. The molecule has 3 aromatic carbocycles. The van der Waals surface area contributed by atoms with Crippen LogP contribution in [0.5, 0.6) is 0 Å².